The van der Waals surface area contributed by atoms with Crippen molar-refractivity contribution < 1.29 is 0 Å². The molecule has 2 fully saturated rings. The minimum absolute atomic E-state index is 0.0381. The number of fused-ring (bicyclic) bond motifs is 3. The number of H-pyrrole nitrogens is 1. The van der Waals surface area contributed by atoms with Crippen molar-refractivity contribution in [2.24, 2.45) is 5.92 Å². The molecule has 1 saturated heterocycles. The highest BCUT2D eigenvalue weighted by Crippen LogP contribution is 2.33. The highest BCUT2D eigenvalue weighted by Gasteiger charge is 2.28. The fourth-order valence-electron chi connectivity index (χ4n) is 3.98. The van der Waals surface area contributed by atoms with E-state index in [4.69, 9.17) is 5.10 Å². The van der Waals surface area contributed by atoms with Crippen LogP contribution in [-0.2, 0) is 0 Å². The molecule has 3 heterocycles. The number of nitrogens with one attached hydrogen (secondary N) is 1. The van der Waals surface area contributed by atoms with Crippen LogP contribution in [0, 0.1) is 5.92 Å². The Hall–Kier alpha value is -2.14. The third-order valence-corrected chi connectivity index (χ3v) is 5.57. The Morgan fingerprint density at radius 2 is 1.92 bits per heavy atom. The summed E-state index contributed by atoms with van der Waals surface area (Å²) in [6.45, 7) is 3.63. The van der Waals surface area contributed by atoms with Gasteiger partial charge in [0.05, 0.1) is 16.6 Å². The summed E-state index contributed by atoms with van der Waals surface area (Å²) in [5, 5.41) is 5.53. The molecule has 1 aliphatic carbocycles. The van der Waals surface area contributed by atoms with Gasteiger partial charge in [-0.2, -0.15) is 5.10 Å². The minimum Gasteiger partial charge on any atom is -0.306 e. The first-order chi connectivity index (χ1) is 11.8. The molecule has 24 heavy (non-hydrogen) atoms. The summed E-state index contributed by atoms with van der Waals surface area (Å²) in [5.41, 5.74) is 2.76. The van der Waals surface area contributed by atoms with Crippen molar-refractivity contribution in [1.82, 2.24) is 19.5 Å². The summed E-state index contributed by atoms with van der Waals surface area (Å²) >= 11 is 0. The Kier molecular flexibility index (Phi) is 3.23. The molecule has 5 heteroatoms. The monoisotopic (exact) mass is 322 g/mol. The molecule has 0 atom stereocenters. The van der Waals surface area contributed by atoms with Gasteiger partial charge in [0.2, 0.25) is 0 Å². The normalized spacial score (nSPS) is 20.2. The first-order valence-corrected chi connectivity index (χ1v) is 9.01. The molecule has 1 saturated carbocycles. The predicted molar refractivity (Wildman–Crippen MR) is 94.5 cm³/mol. The van der Waals surface area contributed by atoms with Crippen molar-refractivity contribution in [2.45, 2.75) is 31.6 Å². The van der Waals surface area contributed by atoms with E-state index in [1.54, 1.807) is 0 Å². The van der Waals surface area contributed by atoms with Gasteiger partial charge in [0.25, 0.3) is 5.56 Å². The summed E-state index contributed by atoms with van der Waals surface area (Å²) in [6.07, 6.45) is 5.18. The summed E-state index contributed by atoms with van der Waals surface area (Å²) in [4.78, 5) is 17.8. The third-order valence-electron chi connectivity index (χ3n) is 5.57. The maximum atomic E-state index is 12.2. The Labute approximate surface area is 140 Å². The number of para-hydroxylation sites is 1. The number of hydrogen-bond acceptors (Lipinski definition) is 3. The standard InChI is InChI=1S/C19H22N4O/c24-19-15-3-1-2-4-17(15)23-18(20-19)11-16(21-23)14-7-9-22(10-8-14)12-13-5-6-13/h1-4,11,13-14H,5-10,12H2,(H,20,24). The molecule has 1 N–H and O–H groups in total. The lowest BCUT2D eigenvalue weighted by Gasteiger charge is -2.31. The van der Waals surface area contributed by atoms with Gasteiger partial charge in [-0.05, 0) is 56.8 Å². The Morgan fingerprint density at radius 1 is 1.12 bits per heavy atom. The molecule has 124 valence electrons. The van der Waals surface area contributed by atoms with E-state index in [1.165, 1.54) is 45.3 Å². The molecule has 1 aromatic carbocycles. The van der Waals surface area contributed by atoms with Crippen LogP contribution < -0.4 is 5.56 Å². The number of hydrogen-bond donors (Lipinski definition) is 1. The molecule has 0 radical (unpaired) electrons. The Morgan fingerprint density at radius 3 is 2.71 bits per heavy atom. The van der Waals surface area contributed by atoms with Gasteiger partial charge in [0, 0.05) is 18.5 Å². The number of nitrogens with zero attached hydrogens (tertiary/aromatic N) is 3. The second-order valence-electron chi connectivity index (χ2n) is 7.36. The van der Waals surface area contributed by atoms with E-state index in [0.29, 0.717) is 11.3 Å². The zero-order chi connectivity index (χ0) is 16.1. The van der Waals surface area contributed by atoms with Crippen LogP contribution in [0.2, 0.25) is 0 Å². The van der Waals surface area contributed by atoms with Crippen molar-refractivity contribution >= 4 is 16.6 Å². The average molecular weight is 322 g/mol. The van der Waals surface area contributed by atoms with Gasteiger partial charge in [-0.1, -0.05) is 12.1 Å². The van der Waals surface area contributed by atoms with Crippen LogP contribution in [0.15, 0.2) is 35.1 Å². The number of rotatable bonds is 3. The zero-order valence-electron chi connectivity index (χ0n) is 13.7. The highest BCUT2D eigenvalue weighted by atomic mass is 16.1. The van der Waals surface area contributed by atoms with Crippen LogP contribution in [0.4, 0.5) is 0 Å². The van der Waals surface area contributed by atoms with Gasteiger partial charge in [-0.3, -0.25) is 4.79 Å². The van der Waals surface area contributed by atoms with Crippen molar-refractivity contribution in [2.75, 3.05) is 19.6 Å². The van der Waals surface area contributed by atoms with Crippen molar-refractivity contribution in [3.8, 4) is 0 Å². The summed E-state index contributed by atoms with van der Waals surface area (Å²) < 4.78 is 1.89. The molecule has 5 nitrogen and oxygen atoms in total. The van der Waals surface area contributed by atoms with E-state index in [1.807, 2.05) is 28.8 Å². The quantitative estimate of drug-likeness (QED) is 0.807. The molecule has 0 unspecified atom stereocenters. The van der Waals surface area contributed by atoms with E-state index in [9.17, 15) is 4.79 Å². The van der Waals surface area contributed by atoms with Crippen LogP contribution in [0.5, 0.6) is 0 Å². The number of likely N-dealkylation sites (tertiary alicyclic amines) is 1. The third kappa shape index (κ3) is 2.44. The number of aromatic nitrogens is 3. The van der Waals surface area contributed by atoms with Gasteiger partial charge in [-0.25, -0.2) is 4.52 Å². The van der Waals surface area contributed by atoms with Crippen LogP contribution in [0.25, 0.3) is 16.6 Å². The summed E-state index contributed by atoms with van der Waals surface area (Å²) in [5.74, 6) is 1.47. The second kappa shape index (κ2) is 5.45. The van der Waals surface area contributed by atoms with Gasteiger partial charge in [-0.15, -0.1) is 0 Å². The SMILES string of the molecule is O=c1[nH]c2cc(C3CCN(CC4CC4)CC3)nn2c2ccccc12. The summed E-state index contributed by atoms with van der Waals surface area (Å²) in [6, 6.07) is 9.73. The molecule has 2 aromatic heterocycles. The molecule has 0 bridgehead atoms. The van der Waals surface area contributed by atoms with E-state index in [0.717, 1.165) is 22.8 Å². The Bertz CT molecular complexity index is 945. The van der Waals surface area contributed by atoms with Crippen molar-refractivity contribution in [3.63, 3.8) is 0 Å². The Balaban J connectivity index is 1.45. The minimum atomic E-state index is -0.0381. The lowest BCUT2D eigenvalue weighted by molar-refractivity contribution is 0.203. The van der Waals surface area contributed by atoms with Crippen LogP contribution in [0.1, 0.15) is 37.3 Å². The van der Waals surface area contributed by atoms with E-state index in [2.05, 4.69) is 16.0 Å². The largest absolute Gasteiger partial charge is 0.306 e. The first-order valence-electron chi connectivity index (χ1n) is 9.01. The summed E-state index contributed by atoms with van der Waals surface area (Å²) in [7, 11) is 0. The average Bonchev–Trinajstić information content (AvgIpc) is 3.32. The van der Waals surface area contributed by atoms with Crippen molar-refractivity contribution in [1.29, 1.82) is 0 Å². The lowest BCUT2D eigenvalue weighted by atomic mass is 9.93. The molecule has 0 amide bonds. The molecule has 3 aromatic rings. The zero-order valence-corrected chi connectivity index (χ0v) is 13.7. The number of piperidine rings is 1. The number of aromatic amines is 1. The molecule has 5 rings (SSSR count). The maximum absolute atomic E-state index is 12.2. The fraction of sp³-hybridized carbons (Fsp3) is 0.474. The van der Waals surface area contributed by atoms with E-state index < -0.39 is 0 Å². The molecular formula is C19H22N4O. The van der Waals surface area contributed by atoms with Gasteiger partial charge < -0.3 is 9.88 Å². The lowest BCUT2D eigenvalue weighted by Crippen LogP contribution is -2.34. The van der Waals surface area contributed by atoms with E-state index >= 15 is 0 Å². The first kappa shape index (κ1) is 14.2. The second-order valence-corrected chi connectivity index (χ2v) is 7.36. The highest BCUT2D eigenvalue weighted by molar-refractivity contribution is 5.80. The predicted octanol–water partition coefficient (Wildman–Crippen LogP) is 2.77. The molecular weight excluding hydrogens is 300 g/mol. The smallest absolute Gasteiger partial charge is 0.259 e. The molecule has 0 spiro atoms. The van der Waals surface area contributed by atoms with Gasteiger partial charge in [0.1, 0.15) is 5.65 Å². The van der Waals surface area contributed by atoms with Crippen molar-refractivity contribution in [3.05, 3.63) is 46.4 Å². The number of benzene rings is 1. The topological polar surface area (TPSA) is 53.4 Å². The van der Waals surface area contributed by atoms with Gasteiger partial charge >= 0.3 is 0 Å². The fourth-order valence-corrected chi connectivity index (χ4v) is 3.98. The van der Waals surface area contributed by atoms with Crippen LogP contribution in [0.3, 0.4) is 0 Å². The van der Waals surface area contributed by atoms with Gasteiger partial charge in [0.15, 0.2) is 0 Å². The van der Waals surface area contributed by atoms with Crippen LogP contribution >= 0.6 is 0 Å². The van der Waals surface area contributed by atoms with E-state index in [-0.39, 0.29) is 5.56 Å². The molecule has 1 aliphatic heterocycles. The maximum Gasteiger partial charge on any atom is 0.259 e. The van der Waals surface area contributed by atoms with Crippen LogP contribution in [-0.4, -0.2) is 39.1 Å². The molecule has 2 aliphatic rings.